The maximum absolute atomic E-state index is 13.1. The third kappa shape index (κ3) is 4.80. The van der Waals surface area contributed by atoms with Crippen molar-refractivity contribution in [2.75, 3.05) is 25.1 Å². The van der Waals surface area contributed by atoms with Gasteiger partial charge in [-0.1, -0.05) is 24.3 Å². The lowest BCUT2D eigenvalue weighted by molar-refractivity contribution is 0.0903. The van der Waals surface area contributed by atoms with Gasteiger partial charge in [-0.05, 0) is 38.7 Å². The molecule has 1 aliphatic heterocycles. The Kier molecular flexibility index (Phi) is 6.80. The van der Waals surface area contributed by atoms with Crippen LogP contribution in [0, 0.1) is 0 Å². The highest BCUT2D eigenvalue weighted by molar-refractivity contribution is 6.06. The number of hydrogen-bond acceptors (Lipinski definition) is 6. The molecule has 2 aromatic heterocycles. The van der Waals surface area contributed by atoms with Gasteiger partial charge in [0.15, 0.2) is 11.4 Å². The summed E-state index contributed by atoms with van der Waals surface area (Å²) in [5.74, 6) is -0.123. The fourth-order valence-electron chi connectivity index (χ4n) is 3.95. The van der Waals surface area contributed by atoms with E-state index in [1.807, 2.05) is 35.9 Å². The van der Waals surface area contributed by atoms with Crippen molar-refractivity contribution in [3.63, 3.8) is 0 Å². The third-order valence-corrected chi connectivity index (χ3v) is 5.84. The molecule has 0 spiro atoms. The van der Waals surface area contributed by atoms with E-state index in [9.17, 15) is 9.59 Å². The normalized spacial score (nSPS) is 14.4. The monoisotopic (exact) mass is 435 g/mol. The number of amides is 1. The van der Waals surface area contributed by atoms with Crippen molar-refractivity contribution in [2.24, 2.45) is 0 Å². The Morgan fingerprint density at radius 2 is 1.91 bits per heavy atom. The van der Waals surface area contributed by atoms with Gasteiger partial charge in [0.25, 0.3) is 5.91 Å². The van der Waals surface area contributed by atoms with Gasteiger partial charge in [0.05, 0.1) is 22.8 Å². The molecular weight excluding hydrogens is 406 g/mol. The van der Waals surface area contributed by atoms with E-state index < -0.39 is 0 Å². The number of pyridine rings is 1. The van der Waals surface area contributed by atoms with Crippen molar-refractivity contribution in [1.29, 1.82) is 0 Å². The summed E-state index contributed by atoms with van der Waals surface area (Å²) in [7, 11) is 0. The van der Waals surface area contributed by atoms with E-state index in [4.69, 9.17) is 4.74 Å². The van der Waals surface area contributed by atoms with E-state index in [2.05, 4.69) is 20.7 Å². The molecule has 168 valence electrons. The fraction of sp³-hybridized carbons (Fsp3) is 0.417. The number of ether oxygens (including phenoxy) is 1. The average molecular weight is 436 g/mol. The molecule has 3 aromatic rings. The lowest BCUT2D eigenvalue weighted by Crippen LogP contribution is -2.31. The molecule has 0 atom stereocenters. The summed E-state index contributed by atoms with van der Waals surface area (Å²) in [6.07, 6.45) is 5.87. The Balaban J connectivity index is 1.50. The Labute approximate surface area is 187 Å². The summed E-state index contributed by atoms with van der Waals surface area (Å²) in [5.41, 5.74) is 3.82. The average Bonchev–Trinajstić information content (AvgIpc) is 3.24. The zero-order valence-corrected chi connectivity index (χ0v) is 18.6. The second-order valence-corrected chi connectivity index (χ2v) is 8.03. The Hall–Kier alpha value is -3.26. The molecule has 0 unspecified atom stereocenters. The Bertz CT molecular complexity index is 1100. The van der Waals surface area contributed by atoms with E-state index in [1.165, 1.54) is 0 Å². The molecule has 0 saturated carbocycles. The van der Waals surface area contributed by atoms with E-state index in [-0.39, 0.29) is 17.7 Å². The predicted molar refractivity (Wildman–Crippen MR) is 123 cm³/mol. The maximum Gasteiger partial charge on any atom is 0.254 e. The number of nitrogens with zero attached hydrogens (tertiary/aromatic N) is 3. The molecule has 8 heteroatoms. The summed E-state index contributed by atoms with van der Waals surface area (Å²) in [4.78, 5) is 29.0. The standard InChI is InChI=1S/C24H29N5O3/c1-3-29-23-20(15-27-29)22(28-19-9-12-32-13-10-19)21(14-26-23)24(31)25-11-8-17-4-6-18(7-5-17)16(2)30/h4-7,14-15,19H,3,8-13H2,1-2H3,(H,25,31)(H,26,28). The van der Waals surface area contributed by atoms with Crippen LogP contribution in [0.15, 0.2) is 36.7 Å². The first-order valence-electron chi connectivity index (χ1n) is 11.1. The van der Waals surface area contributed by atoms with Gasteiger partial charge in [0, 0.05) is 44.1 Å². The highest BCUT2D eigenvalue weighted by Crippen LogP contribution is 2.28. The highest BCUT2D eigenvalue weighted by atomic mass is 16.5. The molecule has 2 N–H and O–H groups in total. The minimum Gasteiger partial charge on any atom is -0.381 e. The maximum atomic E-state index is 13.1. The first-order valence-corrected chi connectivity index (χ1v) is 11.1. The van der Waals surface area contributed by atoms with Crippen molar-refractivity contribution in [2.45, 2.75) is 45.7 Å². The van der Waals surface area contributed by atoms with Crippen LogP contribution in [0.1, 0.15) is 53.0 Å². The quantitative estimate of drug-likeness (QED) is 0.527. The SMILES string of the molecule is CCn1ncc2c(NC3CCOCC3)c(C(=O)NCCc3ccc(C(C)=O)cc3)cnc21. The molecule has 0 bridgehead atoms. The number of carbonyl (C=O) groups is 2. The number of ketones is 1. The van der Waals surface area contributed by atoms with Gasteiger partial charge in [0.2, 0.25) is 0 Å². The first kappa shape index (κ1) is 22.0. The minimum atomic E-state index is -0.168. The molecular formula is C24H29N5O3. The van der Waals surface area contributed by atoms with Crippen LogP contribution >= 0.6 is 0 Å². The number of aryl methyl sites for hydroxylation is 1. The van der Waals surface area contributed by atoms with Crippen LogP contribution in [0.25, 0.3) is 11.0 Å². The number of carbonyl (C=O) groups excluding carboxylic acids is 2. The number of nitrogens with one attached hydrogen (secondary N) is 2. The summed E-state index contributed by atoms with van der Waals surface area (Å²) in [6, 6.07) is 7.73. The van der Waals surface area contributed by atoms with Crippen molar-refractivity contribution < 1.29 is 14.3 Å². The molecule has 0 aliphatic carbocycles. The van der Waals surface area contributed by atoms with Crippen LogP contribution in [-0.4, -0.2) is 52.3 Å². The van der Waals surface area contributed by atoms with Crippen LogP contribution in [0.3, 0.4) is 0 Å². The molecule has 32 heavy (non-hydrogen) atoms. The Morgan fingerprint density at radius 3 is 2.59 bits per heavy atom. The van der Waals surface area contributed by atoms with Crippen LogP contribution in [0.2, 0.25) is 0 Å². The van der Waals surface area contributed by atoms with Crippen molar-refractivity contribution in [1.82, 2.24) is 20.1 Å². The number of benzene rings is 1. The van der Waals surface area contributed by atoms with Crippen LogP contribution in [0.5, 0.6) is 0 Å². The van der Waals surface area contributed by atoms with Crippen LogP contribution in [0.4, 0.5) is 5.69 Å². The lowest BCUT2D eigenvalue weighted by Gasteiger charge is -2.25. The van der Waals surface area contributed by atoms with E-state index in [1.54, 1.807) is 19.3 Å². The second kappa shape index (κ2) is 9.91. The van der Waals surface area contributed by atoms with Gasteiger partial charge >= 0.3 is 0 Å². The number of anilines is 1. The first-order chi connectivity index (χ1) is 15.6. The molecule has 4 rings (SSSR count). The summed E-state index contributed by atoms with van der Waals surface area (Å²) in [6.45, 7) is 6.19. The molecule has 1 amide bonds. The van der Waals surface area contributed by atoms with Crippen LogP contribution in [-0.2, 0) is 17.7 Å². The number of fused-ring (bicyclic) bond motifs is 1. The fourth-order valence-corrected chi connectivity index (χ4v) is 3.95. The van der Waals surface area contributed by atoms with Crippen molar-refractivity contribution >= 4 is 28.4 Å². The molecule has 0 radical (unpaired) electrons. The molecule has 1 aromatic carbocycles. The number of rotatable bonds is 8. The van der Waals surface area contributed by atoms with Gasteiger partial charge in [-0.2, -0.15) is 5.10 Å². The largest absolute Gasteiger partial charge is 0.381 e. The van der Waals surface area contributed by atoms with E-state index in [0.29, 0.717) is 43.9 Å². The molecule has 8 nitrogen and oxygen atoms in total. The van der Waals surface area contributed by atoms with Gasteiger partial charge in [-0.3, -0.25) is 9.59 Å². The number of hydrogen-bond donors (Lipinski definition) is 2. The lowest BCUT2D eigenvalue weighted by atomic mass is 10.1. The van der Waals surface area contributed by atoms with Gasteiger partial charge in [-0.15, -0.1) is 0 Å². The van der Waals surface area contributed by atoms with E-state index in [0.717, 1.165) is 35.1 Å². The van der Waals surface area contributed by atoms with Gasteiger partial charge in [-0.25, -0.2) is 9.67 Å². The summed E-state index contributed by atoms with van der Waals surface area (Å²) < 4.78 is 7.30. The minimum absolute atomic E-state index is 0.0451. The van der Waals surface area contributed by atoms with Crippen molar-refractivity contribution in [3.05, 3.63) is 53.3 Å². The van der Waals surface area contributed by atoms with Crippen molar-refractivity contribution in [3.8, 4) is 0 Å². The van der Waals surface area contributed by atoms with Gasteiger partial charge in [0.1, 0.15) is 0 Å². The molecule has 3 heterocycles. The zero-order valence-electron chi connectivity index (χ0n) is 18.6. The molecule has 1 saturated heterocycles. The summed E-state index contributed by atoms with van der Waals surface area (Å²) in [5, 5.41) is 11.9. The molecule has 1 aliphatic rings. The second-order valence-electron chi connectivity index (χ2n) is 8.03. The number of aromatic nitrogens is 3. The number of Topliss-reactive ketones (excluding diaryl/α,β-unsaturated/α-hetero) is 1. The predicted octanol–water partition coefficient (Wildman–Crippen LogP) is 3.22. The topological polar surface area (TPSA) is 98.1 Å². The zero-order chi connectivity index (χ0) is 22.5. The summed E-state index contributed by atoms with van der Waals surface area (Å²) >= 11 is 0. The third-order valence-electron chi connectivity index (χ3n) is 5.84. The molecule has 1 fully saturated rings. The highest BCUT2D eigenvalue weighted by Gasteiger charge is 2.22. The smallest absolute Gasteiger partial charge is 0.254 e. The Morgan fingerprint density at radius 1 is 1.16 bits per heavy atom. The van der Waals surface area contributed by atoms with Crippen LogP contribution < -0.4 is 10.6 Å². The van der Waals surface area contributed by atoms with E-state index >= 15 is 0 Å². The van der Waals surface area contributed by atoms with Gasteiger partial charge < -0.3 is 15.4 Å².